The first-order valence-corrected chi connectivity index (χ1v) is 3.91. The fraction of sp³-hybridized carbons (Fsp3) is 0. The van der Waals surface area contributed by atoms with E-state index in [9.17, 15) is 8.78 Å². The molecule has 0 aliphatic carbocycles. The zero-order valence-electron chi connectivity index (χ0n) is 7.27. The van der Waals surface area contributed by atoms with E-state index in [4.69, 9.17) is 0 Å². The molecule has 72 valence electrons. The van der Waals surface area contributed by atoms with Crippen molar-refractivity contribution in [2.45, 2.75) is 0 Å². The van der Waals surface area contributed by atoms with Crippen LogP contribution < -0.4 is 0 Å². The second-order valence-electron chi connectivity index (χ2n) is 2.30. The van der Waals surface area contributed by atoms with Crippen LogP contribution in [0.1, 0.15) is 0 Å². The largest absolute Gasteiger partial charge is 0.265 e. The summed E-state index contributed by atoms with van der Waals surface area (Å²) >= 11 is 0. The predicted molar refractivity (Wildman–Crippen MR) is 48.4 cm³/mol. The van der Waals surface area contributed by atoms with Crippen LogP contribution in [0, 0.1) is 11.8 Å². The van der Waals surface area contributed by atoms with E-state index in [-0.39, 0.29) is 0 Å². The summed E-state index contributed by atoms with van der Waals surface area (Å²) in [4.78, 5) is 6.82. The van der Waals surface area contributed by atoms with Gasteiger partial charge in [-0.2, -0.15) is 4.39 Å². The summed E-state index contributed by atoms with van der Waals surface area (Å²) in [7, 11) is 0. The number of nitrogens with zero attached hydrogens (tertiary/aromatic N) is 2. The van der Waals surface area contributed by atoms with Crippen molar-refractivity contribution in [3.63, 3.8) is 0 Å². The van der Waals surface area contributed by atoms with E-state index in [2.05, 4.69) is 9.97 Å². The summed E-state index contributed by atoms with van der Waals surface area (Å²) in [5.41, 5.74) is 0. The van der Waals surface area contributed by atoms with Crippen LogP contribution in [-0.4, -0.2) is 9.97 Å². The SMILES string of the molecule is Fc1cccnc1F.c1ccncc1. The maximum Gasteiger partial charge on any atom is 0.248 e. The molecule has 0 spiro atoms. The molecule has 0 atom stereocenters. The van der Waals surface area contributed by atoms with Crippen LogP contribution in [0.3, 0.4) is 0 Å². The van der Waals surface area contributed by atoms with Crippen LogP contribution >= 0.6 is 0 Å². The lowest BCUT2D eigenvalue weighted by Gasteiger charge is -1.84. The quantitative estimate of drug-likeness (QED) is 0.602. The average molecular weight is 194 g/mol. The summed E-state index contributed by atoms with van der Waals surface area (Å²) < 4.78 is 23.7. The van der Waals surface area contributed by atoms with E-state index in [1.165, 1.54) is 12.3 Å². The lowest BCUT2D eigenvalue weighted by Crippen LogP contribution is -1.84. The van der Waals surface area contributed by atoms with E-state index in [0.29, 0.717) is 0 Å². The Kier molecular flexibility index (Phi) is 4.20. The van der Waals surface area contributed by atoms with Crippen LogP contribution in [0.15, 0.2) is 48.9 Å². The van der Waals surface area contributed by atoms with Gasteiger partial charge >= 0.3 is 0 Å². The minimum absolute atomic E-state index is 0.910. The van der Waals surface area contributed by atoms with Gasteiger partial charge in [0, 0.05) is 18.6 Å². The summed E-state index contributed by atoms with van der Waals surface area (Å²) in [5.74, 6) is -1.96. The molecule has 0 aliphatic heterocycles. The number of rotatable bonds is 0. The normalized spacial score (nSPS) is 8.71. The molecule has 0 radical (unpaired) electrons. The molecule has 0 saturated carbocycles. The van der Waals surface area contributed by atoms with Crippen LogP contribution in [0.5, 0.6) is 0 Å². The van der Waals surface area contributed by atoms with Gasteiger partial charge in [0.1, 0.15) is 0 Å². The second-order valence-corrected chi connectivity index (χ2v) is 2.30. The Bertz CT molecular complexity index is 318. The fourth-order valence-corrected chi connectivity index (χ4v) is 0.679. The Morgan fingerprint density at radius 1 is 0.857 bits per heavy atom. The van der Waals surface area contributed by atoms with Crippen molar-refractivity contribution in [2.24, 2.45) is 0 Å². The van der Waals surface area contributed by atoms with E-state index in [1.807, 2.05) is 18.2 Å². The van der Waals surface area contributed by atoms with Gasteiger partial charge in [-0.15, -0.1) is 0 Å². The Balaban J connectivity index is 0.000000146. The molecular weight excluding hydrogens is 186 g/mol. The molecule has 0 N–H and O–H groups in total. The standard InChI is InChI=1S/C5H3F2N.C5H5N/c6-4-2-1-3-8-5(4)7;1-2-4-6-5-3-1/h1-3H;1-5H. The van der Waals surface area contributed by atoms with Gasteiger partial charge in [0.2, 0.25) is 5.95 Å². The third-order valence-corrected chi connectivity index (χ3v) is 1.28. The zero-order valence-corrected chi connectivity index (χ0v) is 7.27. The van der Waals surface area contributed by atoms with Crippen LogP contribution in [0.2, 0.25) is 0 Å². The van der Waals surface area contributed by atoms with E-state index < -0.39 is 11.8 Å². The van der Waals surface area contributed by atoms with Gasteiger partial charge in [-0.25, -0.2) is 9.37 Å². The molecule has 0 aliphatic rings. The molecule has 0 amide bonds. The van der Waals surface area contributed by atoms with E-state index in [0.717, 1.165) is 6.07 Å². The first-order valence-electron chi connectivity index (χ1n) is 3.91. The highest BCUT2D eigenvalue weighted by Gasteiger charge is 1.95. The van der Waals surface area contributed by atoms with Gasteiger partial charge in [0.15, 0.2) is 5.82 Å². The summed E-state index contributed by atoms with van der Waals surface area (Å²) in [6.07, 6.45) is 4.69. The third-order valence-electron chi connectivity index (χ3n) is 1.28. The Morgan fingerprint density at radius 2 is 1.57 bits per heavy atom. The summed E-state index contributed by atoms with van der Waals surface area (Å²) in [6, 6.07) is 8.06. The second kappa shape index (κ2) is 5.75. The van der Waals surface area contributed by atoms with Gasteiger partial charge in [0.25, 0.3) is 0 Å². The van der Waals surface area contributed by atoms with Gasteiger partial charge in [-0.3, -0.25) is 4.98 Å². The van der Waals surface area contributed by atoms with Crippen LogP contribution in [0.4, 0.5) is 8.78 Å². The first kappa shape index (κ1) is 10.2. The lowest BCUT2D eigenvalue weighted by atomic mass is 10.5. The molecule has 2 heterocycles. The number of hydrogen-bond acceptors (Lipinski definition) is 2. The summed E-state index contributed by atoms with van der Waals surface area (Å²) in [6.45, 7) is 0. The minimum Gasteiger partial charge on any atom is -0.265 e. The van der Waals surface area contributed by atoms with Gasteiger partial charge in [0.05, 0.1) is 0 Å². The van der Waals surface area contributed by atoms with Crippen molar-refractivity contribution in [2.75, 3.05) is 0 Å². The zero-order chi connectivity index (χ0) is 10.2. The smallest absolute Gasteiger partial charge is 0.248 e. The molecule has 2 rings (SSSR count). The number of pyridine rings is 2. The van der Waals surface area contributed by atoms with Crippen molar-refractivity contribution in [1.29, 1.82) is 0 Å². The molecule has 0 aromatic carbocycles. The minimum atomic E-state index is -1.05. The van der Waals surface area contributed by atoms with Gasteiger partial charge < -0.3 is 0 Å². The highest BCUT2D eigenvalue weighted by molar-refractivity contribution is 4.95. The molecule has 4 heteroatoms. The third kappa shape index (κ3) is 3.71. The summed E-state index contributed by atoms with van der Waals surface area (Å²) in [5, 5.41) is 0. The lowest BCUT2D eigenvalue weighted by molar-refractivity contribution is 0.479. The Hall–Kier alpha value is -1.84. The van der Waals surface area contributed by atoms with Crippen molar-refractivity contribution in [3.8, 4) is 0 Å². The maximum absolute atomic E-state index is 11.9. The molecule has 2 aromatic heterocycles. The number of aromatic nitrogens is 2. The first-order chi connectivity index (χ1) is 6.80. The van der Waals surface area contributed by atoms with Crippen LogP contribution in [-0.2, 0) is 0 Å². The molecule has 0 unspecified atom stereocenters. The number of hydrogen-bond donors (Lipinski definition) is 0. The van der Waals surface area contributed by atoms with Crippen molar-refractivity contribution in [3.05, 3.63) is 60.7 Å². The van der Waals surface area contributed by atoms with Crippen molar-refractivity contribution in [1.82, 2.24) is 9.97 Å². The fourth-order valence-electron chi connectivity index (χ4n) is 0.679. The van der Waals surface area contributed by atoms with E-state index in [1.54, 1.807) is 12.4 Å². The monoisotopic (exact) mass is 194 g/mol. The molecule has 0 saturated heterocycles. The highest BCUT2D eigenvalue weighted by Crippen LogP contribution is 1.97. The van der Waals surface area contributed by atoms with Gasteiger partial charge in [-0.05, 0) is 24.3 Å². The average Bonchev–Trinajstić information content (AvgIpc) is 2.26. The van der Waals surface area contributed by atoms with Gasteiger partial charge in [-0.1, -0.05) is 6.07 Å². The number of halogens is 2. The Labute approximate surface area is 80.3 Å². The molecule has 0 bridgehead atoms. The van der Waals surface area contributed by atoms with E-state index >= 15 is 0 Å². The molecule has 14 heavy (non-hydrogen) atoms. The Morgan fingerprint density at radius 3 is 1.86 bits per heavy atom. The maximum atomic E-state index is 11.9. The predicted octanol–water partition coefficient (Wildman–Crippen LogP) is 2.44. The highest BCUT2D eigenvalue weighted by atomic mass is 19.2. The molecule has 0 fully saturated rings. The van der Waals surface area contributed by atoms with Crippen molar-refractivity contribution < 1.29 is 8.78 Å². The van der Waals surface area contributed by atoms with Crippen molar-refractivity contribution >= 4 is 0 Å². The van der Waals surface area contributed by atoms with Crippen LogP contribution in [0.25, 0.3) is 0 Å². The molecular formula is C10H8F2N2. The topological polar surface area (TPSA) is 25.8 Å². The molecule has 2 aromatic rings. The molecule has 2 nitrogen and oxygen atoms in total.